The summed E-state index contributed by atoms with van der Waals surface area (Å²) in [6.45, 7) is 10.5. The molecule has 0 aliphatic rings. The predicted octanol–water partition coefficient (Wildman–Crippen LogP) is 3.22. The lowest BCUT2D eigenvalue weighted by atomic mass is 10.3. The van der Waals surface area contributed by atoms with Gasteiger partial charge in [0.05, 0.1) is 13.2 Å². The minimum absolute atomic E-state index is 0.0510. The van der Waals surface area contributed by atoms with Gasteiger partial charge in [-0.3, -0.25) is 0 Å². The summed E-state index contributed by atoms with van der Waals surface area (Å²) in [7, 11) is 0. The van der Waals surface area contributed by atoms with E-state index in [2.05, 4.69) is 13.2 Å². The van der Waals surface area contributed by atoms with E-state index in [0.717, 1.165) is 5.75 Å². The fraction of sp³-hybridized carbons (Fsp3) is 0.308. The molecule has 3 N–H and O–H groups in total. The van der Waals surface area contributed by atoms with Gasteiger partial charge in [-0.2, -0.15) is 0 Å². The molecule has 0 radical (unpaired) electrons. The summed E-state index contributed by atoms with van der Waals surface area (Å²) in [6.07, 6.45) is -0.996. The second-order valence-corrected chi connectivity index (χ2v) is 6.85. The molecule has 0 aromatic heterocycles. The van der Waals surface area contributed by atoms with Crippen LogP contribution in [-0.4, -0.2) is 66.6 Å². The molecule has 0 amide bonds. The first-order chi connectivity index (χ1) is 16.7. The number of carboxylic acid groups (broad SMARTS) is 1. The minimum Gasteiger partial charge on any atom is -0.490 e. The third kappa shape index (κ3) is 18.5. The molecule has 2 rings (SSSR count). The highest BCUT2D eigenvalue weighted by Crippen LogP contribution is 2.10. The van der Waals surface area contributed by atoms with Crippen molar-refractivity contribution in [3.63, 3.8) is 0 Å². The van der Waals surface area contributed by atoms with Crippen LogP contribution in [0.2, 0.25) is 0 Å². The van der Waals surface area contributed by atoms with E-state index in [-0.39, 0.29) is 38.0 Å². The molecule has 1 unspecified atom stereocenters. The van der Waals surface area contributed by atoms with Gasteiger partial charge >= 0.3 is 11.9 Å². The Kier molecular flexibility index (Phi) is 17.7. The Labute approximate surface area is 205 Å². The van der Waals surface area contributed by atoms with Crippen LogP contribution >= 0.6 is 0 Å². The molecule has 35 heavy (non-hydrogen) atoms. The van der Waals surface area contributed by atoms with Gasteiger partial charge in [0.2, 0.25) is 6.29 Å². The van der Waals surface area contributed by atoms with Gasteiger partial charge in [-0.05, 0) is 38.1 Å². The Hall–Kier alpha value is -3.66. The van der Waals surface area contributed by atoms with Crippen LogP contribution in [0, 0.1) is 0 Å². The van der Waals surface area contributed by atoms with Crippen molar-refractivity contribution >= 4 is 11.9 Å². The Morgan fingerprint density at radius 2 is 1.37 bits per heavy atom. The molecule has 0 bridgehead atoms. The smallest absolute Gasteiger partial charge is 0.333 e. The average molecular weight is 491 g/mol. The summed E-state index contributed by atoms with van der Waals surface area (Å²) >= 11 is 0. The number of esters is 1. The Balaban J connectivity index is 0.000000540. The van der Waals surface area contributed by atoms with E-state index < -0.39 is 12.3 Å². The fourth-order valence-corrected chi connectivity index (χ4v) is 1.87. The van der Waals surface area contributed by atoms with Crippen molar-refractivity contribution in [3.05, 3.63) is 85.0 Å². The van der Waals surface area contributed by atoms with Crippen molar-refractivity contribution in [2.45, 2.75) is 20.1 Å². The van der Waals surface area contributed by atoms with E-state index in [9.17, 15) is 14.7 Å². The number of ether oxygens (including phenoxy) is 4. The van der Waals surface area contributed by atoms with Gasteiger partial charge in [-0.25, -0.2) is 9.59 Å². The highest BCUT2D eigenvalue weighted by molar-refractivity contribution is 5.86. The summed E-state index contributed by atoms with van der Waals surface area (Å²) in [5, 5.41) is 25.6. The van der Waals surface area contributed by atoms with Crippen molar-refractivity contribution in [1.82, 2.24) is 0 Å². The topological polar surface area (TPSA) is 132 Å². The zero-order chi connectivity index (χ0) is 26.5. The summed E-state index contributed by atoms with van der Waals surface area (Å²) < 4.78 is 20.2. The van der Waals surface area contributed by atoms with E-state index in [4.69, 9.17) is 29.2 Å². The van der Waals surface area contributed by atoms with E-state index in [1.807, 2.05) is 48.5 Å². The molecule has 0 heterocycles. The number of para-hydroxylation sites is 2. The molecule has 2 aromatic rings. The normalized spacial score (nSPS) is 10.3. The van der Waals surface area contributed by atoms with Gasteiger partial charge in [0, 0.05) is 11.1 Å². The highest BCUT2D eigenvalue weighted by Gasteiger charge is 2.05. The van der Waals surface area contributed by atoms with Crippen molar-refractivity contribution in [2.75, 3.05) is 33.0 Å². The van der Waals surface area contributed by atoms with Crippen LogP contribution in [0.3, 0.4) is 0 Å². The second-order valence-electron chi connectivity index (χ2n) is 6.85. The minimum atomic E-state index is -0.996. The van der Waals surface area contributed by atoms with E-state index in [1.54, 1.807) is 19.1 Å². The Morgan fingerprint density at radius 1 is 0.857 bits per heavy atom. The maximum Gasteiger partial charge on any atom is 0.333 e. The summed E-state index contributed by atoms with van der Waals surface area (Å²) in [4.78, 5) is 20.6. The first-order valence-corrected chi connectivity index (χ1v) is 10.6. The number of carboxylic acids is 1. The largest absolute Gasteiger partial charge is 0.490 e. The van der Waals surface area contributed by atoms with E-state index in [0.29, 0.717) is 17.9 Å². The van der Waals surface area contributed by atoms with Crippen molar-refractivity contribution in [2.24, 2.45) is 0 Å². The molecule has 0 aliphatic carbocycles. The van der Waals surface area contributed by atoms with Crippen LogP contribution in [-0.2, 0) is 19.1 Å². The maximum atomic E-state index is 11.0. The van der Waals surface area contributed by atoms with Gasteiger partial charge in [0.25, 0.3) is 0 Å². The molecule has 9 nitrogen and oxygen atoms in total. The van der Waals surface area contributed by atoms with Gasteiger partial charge in [-0.1, -0.05) is 49.6 Å². The number of aliphatic hydroxyl groups is 2. The molecular formula is C26H34O9. The lowest BCUT2D eigenvalue weighted by Gasteiger charge is -2.12. The average Bonchev–Trinajstić information content (AvgIpc) is 2.84. The molecule has 0 aliphatic heterocycles. The standard InChI is InChI=1S/C12H14O3.C10H14O4.C4H6O2/c1-10(2)12(13)15-9-8-14-11-6-4-3-5-7-11;11-6-7-13-8-10(12)14-9-4-2-1-3-5-9;1-3(2)4(5)6/h3-7H,1,8-9H2,2H3;1-5,10-12H,6-8H2;1H2,2H3,(H,5,6). The van der Waals surface area contributed by atoms with Crippen LogP contribution in [0.4, 0.5) is 0 Å². The monoisotopic (exact) mass is 490 g/mol. The zero-order valence-electron chi connectivity index (χ0n) is 20.1. The van der Waals surface area contributed by atoms with Crippen molar-refractivity contribution in [1.29, 1.82) is 0 Å². The molecule has 192 valence electrons. The number of carbonyl (C=O) groups excluding carboxylic acids is 1. The SMILES string of the molecule is C=C(C)C(=O)O.C=C(C)C(=O)OCCOc1ccccc1.OCCOCC(O)Oc1ccccc1. The van der Waals surface area contributed by atoms with Crippen LogP contribution in [0.15, 0.2) is 85.0 Å². The van der Waals surface area contributed by atoms with Crippen LogP contribution in [0.25, 0.3) is 0 Å². The second kappa shape index (κ2) is 19.8. The number of hydrogen-bond acceptors (Lipinski definition) is 8. The molecule has 0 saturated heterocycles. The van der Waals surface area contributed by atoms with Gasteiger partial charge in [0.15, 0.2) is 0 Å². The van der Waals surface area contributed by atoms with E-state index in [1.165, 1.54) is 6.92 Å². The number of aliphatic carboxylic acids is 1. The number of hydrogen-bond donors (Lipinski definition) is 3. The number of benzene rings is 2. The van der Waals surface area contributed by atoms with Crippen molar-refractivity contribution in [3.8, 4) is 11.5 Å². The first-order valence-electron chi connectivity index (χ1n) is 10.6. The summed E-state index contributed by atoms with van der Waals surface area (Å²) in [6, 6.07) is 18.4. The fourth-order valence-electron chi connectivity index (χ4n) is 1.87. The quantitative estimate of drug-likeness (QED) is 0.178. The molecular weight excluding hydrogens is 456 g/mol. The third-order valence-electron chi connectivity index (χ3n) is 3.55. The van der Waals surface area contributed by atoms with Crippen molar-refractivity contribution < 1.29 is 43.9 Å². The van der Waals surface area contributed by atoms with Crippen LogP contribution in [0.5, 0.6) is 11.5 Å². The first kappa shape index (κ1) is 31.3. The molecule has 1 atom stereocenters. The third-order valence-corrected chi connectivity index (χ3v) is 3.55. The Morgan fingerprint density at radius 3 is 1.83 bits per heavy atom. The van der Waals surface area contributed by atoms with Crippen LogP contribution in [0.1, 0.15) is 13.8 Å². The molecule has 0 spiro atoms. The highest BCUT2D eigenvalue weighted by atomic mass is 16.6. The number of rotatable bonds is 12. The molecule has 0 saturated carbocycles. The molecule has 9 heteroatoms. The lowest BCUT2D eigenvalue weighted by molar-refractivity contribution is -0.139. The van der Waals surface area contributed by atoms with E-state index >= 15 is 0 Å². The number of carbonyl (C=O) groups is 2. The summed E-state index contributed by atoms with van der Waals surface area (Å²) in [5.74, 6) is 0.0399. The van der Waals surface area contributed by atoms with Crippen LogP contribution < -0.4 is 9.47 Å². The van der Waals surface area contributed by atoms with Gasteiger partial charge in [0.1, 0.15) is 31.3 Å². The zero-order valence-corrected chi connectivity index (χ0v) is 20.1. The number of aliphatic hydroxyl groups excluding tert-OH is 2. The summed E-state index contributed by atoms with van der Waals surface area (Å²) in [5.41, 5.74) is 0.574. The van der Waals surface area contributed by atoms with Gasteiger partial charge in [-0.15, -0.1) is 0 Å². The molecule has 0 fully saturated rings. The lowest BCUT2D eigenvalue weighted by Crippen LogP contribution is -2.23. The Bertz CT molecular complexity index is 855. The predicted molar refractivity (Wildman–Crippen MR) is 131 cm³/mol. The van der Waals surface area contributed by atoms with Gasteiger partial charge < -0.3 is 34.3 Å². The molecule has 2 aromatic carbocycles. The maximum absolute atomic E-state index is 11.0.